The Balaban J connectivity index is 2.49. The van der Waals surface area contributed by atoms with Crippen LogP contribution in [0.5, 0.6) is 0 Å². The number of aromatic nitrogens is 3. The van der Waals surface area contributed by atoms with E-state index < -0.39 is 18.9 Å². The van der Waals surface area contributed by atoms with Crippen LogP contribution in [0.15, 0.2) is 6.20 Å². The smallest absolute Gasteiger partial charge is 0.287 e. The van der Waals surface area contributed by atoms with Gasteiger partial charge in [-0.25, -0.2) is 14.6 Å². The molecule has 0 aliphatic carbocycles. The van der Waals surface area contributed by atoms with Gasteiger partial charge in [-0.05, 0) is 0 Å². The molecule has 1 amide bonds. The Bertz CT molecular complexity index is 400. The van der Waals surface area contributed by atoms with Crippen molar-refractivity contribution in [3.63, 3.8) is 0 Å². The predicted molar refractivity (Wildman–Crippen MR) is 61.2 cm³/mol. The van der Waals surface area contributed by atoms with Gasteiger partial charge in [-0.15, -0.1) is 5.10 Å². The molecular weight excluding hydrogens is 262 g/mol. The van der Waals surface area contributed by atoms with Crippen LogP contribution >= 0.6 is 0 Å². The van der Waals surface area contributed by atoms with Crippen molar-refractivity contribution in [3.05, 3.63) is 11.9 Å². The number of nitrogens with one attached hydrogen (secondary N) is 1. The number of aliphatic hydroxyl groups is 1. The molecule has 0 atom stereocenters. The number of alkyl halides is 2. The van der Waals surface area contributed by atoms with E-state index in [0.29, 0.717) is 0 Å². The third-order valence-corrected chi connectivity index (χ3v) is 2.36. The third kappa shape index (κ3) is 5.24. The zero-order valence-corrected chi connectivity index (χ0v) is 10.2. The van der Waals surface area contributed by atoms with Crippen LogP contribution < -0.4 is 11.3 Å². The second-order valence-electron chi connectivity index (χ2n) is 3.76. The molecular formula is C9H16F2N6O2. The highest BCUT2D eigenvalue weighted by molar-refractivity contribution is 5.91. The monoisotopic (exact) mass is 278 g/mol. The van der Waals surface area contributed by atoms with Gasteiger partial charge in [-0.3, -0.25) is 19.8 Å². The van der Waals surface area contributed by atoms with Crippen LogP contribution in [0, 0.1) is 0 Å². The Kier molecular flexibility index (Phi) is 6.25. The number of aliphatic hydroxyl groups excluding tert-OH is 1. The molecule has 8 nitrogen and oxygen atoms in total. The van der Waals surface area contributed by atoms with E-state index in [0.717, 1.165) is 0 Å². The average molecular weight is 278 g/mol. The molecule has 0 bridgehead atoms. The molecule has 108 valence electrons. The molecule has 0 spiro atoms. The van der Waals surface area contributed by atoms with Crippen LogP contribution in [0.25, 0.3) is 0 Å². The fourth-order valence-electron chi connectivity index (χ4n) is 1.46. The summed E-state index contributed by atoms with van der Waals surface area (Å²) in [5.41, 5.74) is 1.95. The van der Waals surface area contributed by atoms with E-state index in [1.807, 2.05) is 5.43 Å². The highest BCUT2D eigenvalue weighted by Crippen LogP contribution is 1.99. The van der Waals surface area contributed by atoms with Crippen molar-refractivity contribution < 1.29 is 18.7 Å². The number of halogens is 2. The molecule has 1 rings (SSSR count). The molecule has 0 saturated carbocycles. The summed E-state index contributed by atoms with van der Waals surface area (Å²) in [7, 11) is 0. The van der Waals surface area contributed by atoms with Crippen molar-refractivity contribution in [1.29, 1.82) is 0 Å². The van der Waals surface area contributed by atoms with Gasteiger partial charge in [-0.1, -0.05) is 5.21 Å². The second-order valence-corrected chi connectivity index (χ2v) is 3.76. The highest BCUT2D eigenvalue weighted by Gasteiger charge is 2.13. The fourth-order valence-corrected chi connectivity index (χ4v) is 1.46. The number of nitrogen functional groups attached to an aromatic ring is 1. The molecule has 0 radical (unpaired) electrons. The number of nitrogens with zero attached hydrogens (tertiary/aromatic N) is 4. The maximum Gasteiger partial charge on any atom is 0.287 e. The van der Waals surface area contributed by atoms with Gasteiger partial charge in [0.1, 0.15) is 0 Å². The largest absolute Gasteiger partial charge is 0.395 e. The number of carbonyl (C=O) groups is 1. The van der Waals surface area contributed by atoms with Gasteiger partial charge in [0.25, 0.3) is 12.3 Å². The molecule has 19 heavy (non-hydrogen) atoms. The van der Waals surface area contributed by atoms with Crippen molar-refractivity contribution in [2.24, 2.45) is 5.84 Å². The lowest BCUT2D eigenvalue weighted by Crippen LogP contribution is -2.34. The predicted octanol–water partition coefficient (Wildman–Crippen LogP) is -1.56. The maximum atomic E-state index is 12.3. The van der Waals surface area contributed by atoms with Crippen LogP contribution in [-0.2, 0) is 6.54 Å². The maximum absolute atomic E-state index is 12.3. The van der Waals surface area contributed by atoms with Gasteiger partial charge in [-0.2, -0.15) is 0 Å². The zero-order chi connectivity index (χ0) is 14.3. The summed E-state index contributed by atoms with van der Waals surface area (Å²) < 4.78 is 25.9. The number of nitrogens with two attached hydrogens (primary N) is 1. The van der Waals surface area contributed by atoms with Crippen molar-refractivity contribution in [2.45, 2.75) is 13.0 Å². The lowest BCUT2D eigenvalue weighted by molar-refractivity contribution is 0.0759. The summed E-state index contributed by atoms with van der Waals surface area (Å²) in [6, 6.07) is 0. The average Bonchev–Trinajstić information content (AvgIpc) is 2.83. The van der Waals surface area contributed by atoms with Crippen molar-refractivity contribution in [1.82, 2.24) is 25.3 Å². The molecule has 0 aromatic carbocycles. The summed E-state index contributed by atoms with van der Waals surface area (Å²) in [6.45, 7) is 0.0566. The first-order chi connectivity index (χ1) is 9.06. The van der Waals surface area contributed by atoms with Crippen LogP contribution in [0.2, 0.25) is 0 Å². The van der Waals surface area contributed by atoms with Crippen LogP contribution in [0.3, 0.4) is 0 Å². The molecule has 1 aromatic rings. The Morgan fingerprint density at radius 2 is 2.32 bits per heavy atom. The molecule has 0 aliphatic rings. The number of rotatable bonds is 8. The molecule has 1 aromatic heterocycles. The van der Waals surface area contributed by atoms with Crippen LogP contribution in [-0.4, -0.2) is 63.6 Å². The van der Waals surface area contributed by atoms with E-state index in [9.17, 15) is 13.6 Å². The van der Waals surface area contributed by atoms with E-state index in [2.05, 4.69) is 10.3 Å². The third-order valence-electron chi connectivity index (χ3n) is 2.36. The van der Waals surface area contributed by atoms with Gasteiger partial charge >= 0.3 is 0 Å². The zero-order valence-electron chi connectivity index (χ0n) is 10.2. The Labute approximate surface area is 108 Å². The molecule has 1 heterocycles. The van der Waals surface area contributed by atoms with Gasteiger partial charge in [0, 0.05) is 13.1 Å². The first-order valence-corrected chi connectivity index (χ1v) is 5.59. The highest BCUT2D eigenvalue weighted by atomic mass is 19.3. The standard InChI is InChI=1S/C9H16F2N6O2/c10-8(11)6-16(3-4-18)1-2-17-5-7(14-15-17)9(19)13-12/h5,8,18H,1-4,6,12H2,(H,13,19). The van der Waals surface area contributed by atoms with Gasteiger partial charge in [0.15, 0.2) is 5.69 Å². The van der Waals surface area contributed by atoms with Gasteiger partial charge < -0.3 is 5.11 Å². The first-order valence-electron chi connectivity index (χ1n) is 5.59. The number of hydrogen-bond donors (Lipinski definition) is 3. The minimum Gasteiger partial charge on any atom is -0.395 e. The van der Waals surface area contributed by atoms with E-state index >= 15 is 0 Å². The molecule has 0 aliphatic heterocycles. The molecule has 0 unspecified atom stereocenters. The minimum atomic E-state index is -2.47. The number of hydrazine groups is 1. The van der Waals surface area contributed by atoms with Gasteiger partial charge in [0.2, 0.25) is 0 Å². The van der Waals surface area contributed by atoms with Gasteiger partial charge in [0.05, 0.1) is 25.9 Å². The second kappa shape index (κ2) is 7.71. The molecule has 0 saturated heterocycles. The normalized spacial score (nSPS) is 11.3. The molecule has 0 fully saturated rings. The van der Waals surface area contributed by atoms with E-state index in [4.69, 9.17) is 10.9 Å². The van der Waals surface area contributed by atoms with E-state index in [1.54, 1.807) is 0 Å². The summed E-state index contributed by atoms with van der Waals surface area (Å²) in [4.78, 5) is 12.5. The number of hydrogen-bond acceptors (Lipinski definition) is 6. The van der Waals surface area contributed by atoms with Crippen molar-refractivity contribution >= 4 is 5.91 Å². The lowest BCUT2D eigenvalue weighted by Gasteiger charge is -2.20. The lowest BCUT2D eigenvalue weighted by atomic mass is 10.4. The number of carbonyl (C=O) groups excluding carboxylic acids is 1. The SMILES string of the molecule is NNC(=O)c1cn(CCN(CCO)CC(F)F)nn1. The summed E-state index contributed by atoms with van der Waals surface area (Å²) in [6.07, 6.45) is -1.11. The summed E-state index contributed by atoms with van der Waals surface area (Å²) in [5, 5.41) is 16.0. The quantitative estimate of drug-likeness (QED) is 0.301. The first kappa shape index (κ1) is 15.4. The Hall–Kier alpha value is -1.65. The topological polar surface area (TPSA) is 109 Å². The van der Waals surface area contributed by atoms with E-state index in [-0.39, 0.29) is 31.9 Å². The van der Waals surface area contributed by atoms with Crippen LogP contribution in [0.4, 0.5) is 8.78 Å². The summed E-state index contributed by atoms with van der Waals surface area (Å²) in [5.74, 6) is 4.36. The van der Waals surface area contributed by atoms with Crippen LogP contribution in [0.1, 0.15) is 10.5 Å². The Morgan fingerprint density at radius 1 is 1.58 bits per heavy atom. The molecule has 4 N–H and O–H groups in total. The van der Waals surface area contributed by atoms with Crippen molar-refractivity contribution in [2.75, 3.05) is 26.2 Å². The Morgan fingerprint density at radius 3 is 2.89 bits per heavy atom. The minimum absolute atomic E-state index is 0.0464. The summed E-state index contributed by atoms with van der Waals surface area (Å²) >= 11 is 0. The fraction of sp³-hybridized carbons (Fsp3) is 0.667. The molecule has 10 heteroatoms. The number of amides is 1. The van der Waals surface area contributed by atoms with E-state index in [1.165, 1.54) is 15.8 Å². The van der Waals surface area contributed by atoms with Crippen molar-refractivity contribution in [3.8, 4) is 0 Å².